The van der Waals surface area contributed by atoms with Crippen molar-refractivity contribution in [1.29, 1.82) is 0 Å². The Bertz CT molecular complexity index is 224. The molecule has 1 unspecified atom stereocenters. The Hall–Kier alpha value is -0.750. The maximum absolute atomic E-state index is 11.4. The first-order valence-electron chi connectivity index (χ1n) is 5.18. The van der Waals surface area contributed by atoms with Crippen LogP contribution < -0.4 is 10.6 Å². The Labute approximate surface area is 101 Å². The number of amides is 1. The monoisotopic (exact) mass is 248 g/mol. The average Bonchev–Trinajstić information content (AvgIpc) is 2.28. The quantitative estimate of drug-likeness (QED) is 0.462. The second-order valence-electron chi connectivity index (χ2n) is 3.38. The van der Waals surface area contributed by atoms with E-state index in [1.807, 2.05) is 14.0 Å². The third-order valence-electron chi connectivity index (χ3n) is 1.95. The number of ether oxygens (including phenoxy) is 1. The van der Waals surface area contributed by atoms with Gasteiger partial charge in [-0.05, 0) is 7.05 Å². The van der Waals surface area contributed by atoms with Gasteiger partial charge in [-0.3, -0.25) is 9.59 Å². The van der Waals surface area contributed by atoms with E-state index in [4.69, 9.17) is 0 Å². The van der Waals surface area contributed by atoms with Crippen molar-refractivity contribution in [3.63, 3.8) is 0 Å². The fourth-order valence-electron chi connectivity index (χ4n) is 1.03. The van der Waals surface area contributed by atoms with Gasteiger partial charge in [0.15, 0.2) is 0 Å². The smallest absolute Gasteiger partial charge is 0.315 e. The summed E-state index contributed by atoms with van der Waals surface area (Å²) in [7, 11) is 3.18. The van der Waals surface area contributed by atoms with Crippen molar-refractivity contribution >= 4 is 23.6 Å². The minimum Gasteiger partial charge on any atom is -0.468 e. The van der Waals surface area contributed by atoms with Gasteiger partial charge in [-0.1, -0.05) is 6.92 Å². The number of thioether (sulfide) groups is 1. The van der Waals surface area contributed by atoms with Crippen LogP contribution in [0.3, 0.4) is 0 Å². The molecule has 16 heavy (non-hydrogen) atoms. The zero-order valence-corrected chi connectivity index (χ0v) is 10.9. The van der Waals surface area contributed by atoms with E-state index >= 15 is 0 Å². The summed E-state index contributed by atoms with van der Waals surface area (Å²) in [6.45, 7) is 3.11. The molecule has 0 aromatic heterocycles. The molecule has 0 saturated carbocycles. The highest BCUT2D eigenvalue weighted by molar-refractivity contribution is 7.99. The number of hydrogen-bond acceptors (Lipinski definition) is 5. The first-order valence-corrected chi connectivity index (χ1v) is 6.34. The van der Waals surface area contributed by atoms with Gasteiger partial charge in [0, 0.05) is 24.8 Å². The minimum atomic E-state index is -0.236. The summed E-state index contributed by atoms with van der Waals surface area (Å²) in [4.78, 5) is 22.2. The fraction of sp³-hybridized carbons (Fsp3) is 0.800. The minimum absolute atomic E-state index is 0.0318. The molecule has 0 aromatic rings. The molecule has 0 rings (SSSR count). The van der Waals surface area contributed by atoms with E-state index in [2.05, 4.69) is 15.4 Å². The van der Waals surface area contributed by atoms with E-state index in [1.165, 1.54) is 18.9 Å². The van der Waals surface area contributed by atoms with Crippen molar-refractivity contribution in [2.75, 3.05) is 38.8 Å². The van der Waals surface area contributed by atoms with Crippen molar-refractivity contribution in [1.82, 2.24) is 10.6 Å². The van der Waals surface area contributed by atoms with Crippen LogP contribution in [-0.4, -0.2) is 50.6 Å². The Morgan fingerprint density at radius 2 is 2.12 bits per heavy atom. The average molecular weight is 248 g/mol. The molecule has 0 heterocycles. The van der Waals surface area contributed by atoms with Crippen LogP contribution in [0.4, 0.5) is 0 Å². The highest BCUT2D eigenvalue weighted by atomic mass is 32.2. The molecule has 5 nitrogen and oxygen atoms in total. The summed E-state index contributed by atoms with van der Waals surface area (Å²) < 4.78 is 4.49. The van der Waals surface area contributed by atoms with Gasteiger partial charge >= 0.3 is 5.97 Å². The maximum atomic E-state index is 11.4. The van der Waals surface area contributed by atoms with Crippen molar-refractivity contribution < 1.29 is 14.3 Å². The first kappa shape index (κ1) is 15.2. The molecule has 0 fully saturated rings. The third-order valence-corrected chi connectivity index (χ3v) is 2.88. The van der Waals surface area contributed by atoms with Gasteiger partial charge in [0.1, 0.15) is 0 Å². The molecule has 0 aliphatic heterocycles. The van der Waals surface area contributed by atoms with Crippen molar-refractivity contribution in [2.45, 2.75) is 6.92 Å². The predicted octanol–water partition coefficient (Wildman–Crippen LogP) is -0.136. The second kappa shape index (κ2) is 9.47. The third kappa shape index (κ3) is 7.53. The number of carbonyl (C=O) groups is 2. The highest BCUT2D eigenvalue weighted by Gasteiger charge is 2.10. The Balaban J connectivity index is 3.44. The normalized spacial score (nSPS) is 11.9. The molecule has 0 radical (unpaired) electrons. The fourth-order valence-corrected chi connectivity index (χ4v) is 1.71. The number of carbonyl (C=O) groups excluding carboxylic acids is 2. The van der Waals surface area contributed by atoms with Gasteiger partial charge in [0.2, 0.25) is 5.91 Å². The topological polar surface area (TPSA) is 67.4 Å². The van der Waals surface area contributed by atoms with E-state index in [0.29, 0.717) is 24.6 Å². The molecule has 0 aliphatic rings. The van der Waals surface area contributed by atoms with Crippen LogP contribution in [0.5, 0.6) is 0 Å². The lowest BCUT2D eigenvalue weighted by Crippen LogP contribution is -2.35. The lowest BCUT2D eigenvalue weighted by atomic mass is 10.1. The molecule has 1 amide bonds. The molecule has 94 valence electrons. The number of esters is 1. The van der Waals surface area contributed by atoms with Gasteiger partial charge < -0.3 is 15.4 Å². The zero-order valence-electron chi connectivity index (χ0n) is 10.0. The van der Waals surface area contributed by atoms with E-state index in [1.54, 1.807) is 0 Å². The molecule has 2 N–H and O–H groups in total. The molecule has 0 saturated heterocycles. The van der Waals surface area contributed by atoms with Crippen LogP contribution in [0.15, 0.2) is 0 Å². The predicted molar refractivity (Wildman–Crippen MR) is 65.4 cm³/mol. The summed E-state index contributed by atoms with van der Waals surface area (Å²) >= 11 is 1.45. The summed E-state index contributed by atoms with van der Waals surface area (Å²) in [5.74, 6) is 0.814. The number of nitrogens with one attached hydrogen (secondary N) is 2. The highest BCUT2D eigenvalue weighted by Crippen LogP contribution is 1.99. The summed E-state index contributed by atoms with van der Waals surface area (Å²) in [6, 6.07) is 0. The van der Waals surface area contributed by atoms with Crippen LogP contribution in [0.25, 0.3) is 0 Å². The molecule has 0 bridgehead atoms. The van der Waals surface area contributed by atoms with Crippen LogP contribution in [0.1, 0.15) is 6.92 Å². The van der Waals surface area contributed by atoms with Crippen molar-refractivity contribution in [3.05, 3.63) is 0 Å². The SMILES string of the molecule is CNCC(C)C(=O)NCCSCC(=O)OC. The Kier molecular flexibility index (Phi) is 9.03. The van der Waals surface area contributed by atoms with Crippen LogP contribution in [0, 0.1) is 5.92 Å². The van der Waals surface area contributed by atoms with Crippen LogP contribution in [-0.2, 0) is 14.3 Å². The molecule has 0 aromatic carbocycles. The largest absolute Gasteiger partial charge is 0.468 e. The van der Waals surface area contributed by atoms with Gasteiger partial charge in [-0.25, -0.2) is 0 Å². The molecular formula is C10H20N2O3S. The van der Waals surface area contributed by atoms with Gasteiger partial charge in [-0.15, -0.1) is 11.8 Å². The Morgan fingerprint density at radius 1 is 1.44 bits per heavy atom. The number of methoxy groups -OCH3 is 1. The van der Waals surface area contributed by atoms with Gasteiger partial charge in [0.05, 0.1) is 12.9 Å². The van der Waals surface area contributed by atoms with Crippen molar-refractivity contribution in [2.24, 2.45) is 5.92 Å². The lowest BCUT2D eigenvalue weighted by Gasteiger charge is -2.11. The molecule has 1 atom stereocenters. The molecular weight excluding hydrogens is 228 g/mol. The number of hydrogen-bond donors (Lipinski definition) is 2. The van der Waals surface area contributed by atoms with E-state index in [0.717, 1.165) is 0 Å². The van der Waals surface area contributed by atoms with Crippen LogP contribution in [0.2, 0.25) is 0 Å². The maximum Gasteiger partial charge on any atom is 0.315 e. The standard InChI is InChI=1S/C10H20N2O3S/c1-8(6-11-2)10(14)12-4-5-16-7-9(13)15-3/h8,11H,4-7H2,1-3H3,(H,12,14). The van der Waals surface area contributed by atoms with E-state index < -0.39 is 0 Å². The van der Waals surface area contributed by atoms with Crippen LogP contribution >= 0.6 is 11.8 Å². The first-order chi connectivity index (χ1) is 7.61. The van der Waals surface area contributed by atoms with Gasteiger partial charge in [-0.2, -0.15) is 0 Å². The van der Waals surface area contributed by atoms with E-state index in [9.17, 15) is 9.59 Å². The second-order valence-corrected chi connectivity index (χ2v) is 4.48. The Morgan fingerprint density at radius 3 is 2.69 bits per heavy atom. The van der Waals surface area contributed by atoms with Crippen molar-refractivity contribution in [3.8, 4) is 0 Å². The summed E-state index contributed by atoms with van der Waals surface area (Å²) in [5.41, 5.74) is 0. The van der Waals surface area contributed by atoms with E-state index in [-0.39, 0.29) is 17.8 Å². The van der Waals surface area contributed by atoms with Gasteiger partial charge in [0.25, 0.3) is 0 Å². The number of rotatable bonds is 8. The molecule has 0 spiro atoms. The lowest BCUT2D eigenvalue weighted by molar-refractivity contribution is -0.137. The molecule has 0 aliphatic carbocycles. The zero-order chi connectivity index (χ0) is 12.4. The summed E-state index contributed by atoms with van der Waals surface area (Å²) in [5, 5.41) is 5.75. The summed E-state index contributed by atoms with van der Waals surface area (Å²) in [6.07, 6.45) is 0. The molecule has 6 heteroatoms.